The summed E-state index contributed by atoms with van der Waals surface area (Å²) in [6.45, 7) is 0. The van der Waals surface area contributed by atoms with Crippen LogP contribution in [-0.4, -0.2) is 5.91 Å². The van der Waals surface area contributed by atoms with Crippen LogP contribution < -0.4 is 10.9 Å². The van der Waals surface area contributed by atoms with Gasteiger partial charge in [0.2, 0.25) is 0 Å². The van der Waals surface area contributed by atoms with Gasteiger partial charge in [-0.05, 0) is 36.4 Å². The molecular weight excluding hydrogens is 254 g/mol. The summed E-state index contributed by atoms with van der Waals surface area (Å²) < 4.78 is 5.04. The fourth-order valence-corrected chi connectivity index (χ4v) is 1.94. The normalized spacial score (nSPS) is 10.4. The molecule has 1 aromatic heterocycles. The van der Waals surface area contributed by atoms with Gasteiger partial charge in [-0.1, -0.05) is 18.2 Å². The molecular formula is C16H11NO3. The number of hydrogen-bond acceptors (Lipinski definition) is 3. The van der Waals surface area contributed by atoms with Crippen LogP contribution in [-0.2, 0) is 0 Å². The van der Waals surface area contributed by atoms with Crippen molar-refractivity contribution in [1.82, 2.24) is 0 Å². The molecule has 1 heterocycles. The van der Waals surface area contributed by atoms with Gasteiger partial charge in [0.15, 0.2) is 0 Å². The van der Waals surface area contributed by atoms with E-state index in [4.69, 9.17) is 4.42 Å². The number of anilines is 1. The molecule has 1 amide bonds. The molecule has 1 N–H and O–H groups in total. The molecule has 4 nitrogen and oxygen atoms in total. The largest absolute Gasteiger partial charge is 0.423 e. The molecule has 0 saturated carbocycles. The van der Waals surface area contributed by atoms with Gasteiger partial charge in [-0.15, -0.1) is 0 Å². The first kappa shape index (κ1) is 12.2. The number of benzene rings is 2. The third-order valence-corrected chi connectivity index (χ3v) is 2.91. The van der Waals surface area contributed by atoms with E-state index in [0.29, 0.717) is 16.8 Å². The zero-order valence-corrected chi connectivity index (χ0v) is 10.5. The van der Waals surface area contributed by atoms with E-state index < -0.39 is 5.63 Å². The Kier molecular flexibility index (Phi) is 3.05. The predicted molar refractivity (Wildman–Crippen MR) is 76.9 cm³/mol. The highest BCUT2D eigenvalue weighted by atomic mass is 16.4. The second-order valence-electron chi connectivity index (χ2n) is 4.33. The van der Waals surface area contributed by atoms with Crippen LogP contribution in [0.4, 0.5) is 5.69 Å². The van der Waals surface area contributed by atoms with Gasteiger partial charge in [-0.25, -0.2) is 4.79 Å². The molecule has 98 valence electrons. The lowest BCUT2D eigenvalue weighted by molar-refractivity contribution is 0.102. The van der Waals surface area contributed by atoms with Gasteiger partial charge in [-0.2, -0.15) is 0 Å². The van der Waals surface area contributed by atoms with E-state index in [0.717, 1.165) is 5.39 Å². The van der Waals surface area contributed by atoms with Gasteiger partial charge >= 0.3 is 5.63 Å². The number of carbonyl (C=O) groups is 1. The third-order valence-electron chi connectivity index (χ3n) is 2.91. The number of fused-ring (bicyclic) bond motifs is 1. The molecule has 20 heavy (non-hydrogen) atoms. The van der Waals surface area contributed by atoms with Crippen molar-refractivity contribution in [2.75, 3.05) is 5.32 Å². The van der Waals surface area contributed by atoms with Crippen molar-refractivity contribution < 1.29 is 9.21 Å². The van der Waals surface area contributed by atoms with Gasteiger partial charge in [0.05, 0.1) is 0 Å². The van der Waals surface area contributed by atoms with Crippen LogP contribution in [0.2, 0.25) is 0 Å². The van der Waals surface area contributed by atoms with Crippen LogP contribution >= 0.6 is 0 Å². The maximum absolute atomic E-state index is 12.0. The molecule has 0 radical (unpaired) electrons. The number of rotatable bonds is 2. The number of carbonyl (C=O) groups excluding carboxylic acids is 1. The Bertz CT molecular complexity index is 822. The molecule has 3 rings (SSSR count). The Morgan fingerprint density at radius 1 is 0.950 bits per heavy atom. The van der Waals surface area contributed by atoms with Gasteiger partial charge in [0.25, 0.3) is 5.91 Å². The maximum Gasteiger partial charge on any atom is 0.336 e. The molecule has 0 unspecified atom stereocenters. The molecule has 4 heteroatoms. The first-order valence-electron chi connectivity index (χ1n) is 6.13. The molecule has 3 aromatic rings. The monoisotopic (exact) mass is 265 g/mol. The molecule has 0 aliphatic carbocycles. The number of hydrogen-bond donors (Lipinski definition) is 1. The topological polar surface area (TPSA) is 59.3 Å². The lowest BCUT2D eigenvalue weighted by Gasteiger charge is -2.06. The second-order valence-corrected chi connectivity index (χ2v) is 4.33. The summed E-state index contributed by atoms with van der Waals surface area (Å²) in [7, 11) is 0. The van der Waals surface area contributed by atoms with E-state index in [2.05, 4.69) is 5.32 Å². The zero-order chi connectivity index (χ0) is 13.9. The fourth-order valence-electron chi connectivity index (χ4n) is 1.94. The van der Waals surface area contributed by atoms with E-state index >= 15 is 0 Å². The average Bonchev–Trinajstić information content (AvgIpc) is 2.48. The van der Waals surface area contributed by atoms with Gasteiger partial charge in [-0.3, -0.25) is 4.79 Å². The summed E-state index contributed by atoms with van der Waals surface area (Å²) in [5.41, 5.74) is 1.35. The summed E-state index contributed by atoms with van der Waals surface area (Å²) >= 11 is 0. The van der Waals surface area contributed by atoms with Crippen LogP contribution in [0.25, 0.3) is 11.0 Å². The van der Waals surface area contributed by atoms with Crippen LogP contribution in [0.3, 0.4) is 0 Å². The van der Waals surface area contributed by atoms with Gasteiger partial charge in [0, 0.05) is 22.7 Å². The summed E-state index contributed by atoms with van der Waals surface area (Å²) in [5.74, 6) is -0.178. The smallest absolute Gasteiger partial charge is 0.336 e. The Balaban J connectivity index is 1.90. The van der Waals surface area contributed by atoms with Crippen molar-refractivity contribution in [3.63, 3.8) is 0 Å². The molecule has 0 bridgehead atoms. The molecule has 0 aliphatic rings. The molecule has 0 atom stereocenters. The van der Waals surface area contributed by atoms with Crippen LogP contribution in [0.5, 0.6) is 0 Å². The lowest BCUT2D eigenvalue weighted by atomic mass is 10.2. The Labute approximate surface area is 114 Å². The van der Waals surface area contributed by atoms with E-state index in [1.807, 2.05) is 18.2 Å². The van der Waals surface area contributed by atoms with Crippen molar-refractivity contribution in [3.05, 3.63) is 76.6 Å². The Hall–Kier alpha value is -2.88. The van der Waals surface area contributed by atoms with E-state index in [-0.39, 0.29) is 5.91 Å². The highest BCUT2D eigenvalue weighted by molar-refractivity contribution is 6.04. The molecule has 0 aliphatic heterocycles. The standard InChI is InChI=1S/C16H11NO3/c18-15-9-6-12-10-13(7-8-14(12)20-15)17-16(19)11-4-2-1-3-5-11/h1-10H,(H,17,19). The highest BCUT2D eigenvalue weighted by Gasteiger charge is 2.06. The maximum atomic E-state index is 12.0. The van der Waals surface area contributed by atoms with E-state index in [1.54, 1.807) is 36.4 Å². The van der Waals surface area contributed by atoms with E-state index in [9.17, 15) is 9.59 Å². The first-order chi connectivity index (χ1) is 9.72. The second kappa shape index (κ2) is 5.01. The third kappa shape index (κ3) is 2.44. The number of amides is 1. The summed E-state index contributed by atoms with van der Waals surface area (Å²) in [6.07, 6.45) is 0. The number of nitrogens with one attached hydrogen (secondary N) is 1. The minimum atomic E-state index is -0.390. The van der Waals surface area contributed by atoms with Crippen LogP contribution in [0, 0.1) is 0 Å². The van der Waals surface area contributed by atoms with E-state index in [1.165, 1.54) is 6.07 Å². The van der Waals surface area contributed by atoms with Crippen molar-refractivity contribution in [1.29, 1.82) is 0 Å². The van der Waals surface area contributed by atoms with Crippen LogP contribution in [0.1, 0.15) is 10.4 Å². The van der Waals surface area contributed by atoms with Crippen molar-refractivity contribution in [3.8, 4) is 0 Å². The van der Waals surface area contributed by atoms with Gasteiger partial charge < -0.3 is 9.73 Å². The molecule has 0 saturated heterocycles. The van der Waals surface area contributed by atoms with Crippen molar-refractivity contribution >= 4 is 22.6 Å². The minimum absolute atomic E-state index is 0.178. The first-order valence-corrected chi connectivity index (χ1v) is 6.13. The van der Waals surface area contributed by atoms with Crippen LogP contribution in [0.15, 0.2) is 69.9 Å². The minimum Gasteiger partial charge on any atom is -0.423 e. The lowest BCUT2D eigenvalue weighted by Crippen LogP contribution is -2.11. The summed E-state index contributed by atoms with van der Waals surface area (Å²) in [5, 5.41) is 3.57. The SMILES string of the molecule is O=C(Nc1ccc2oc(=O)ccc2c1)c1ccccc1. The molecule has 0 spiro atoms. The predicted octanol–water partition coefficient (Wildman–Crippen LogP) is 3.05. The fraction of sp³-hybridized carbons (Fsp3) is 0. The highest BCUT2D eigenvalue weighted by Crippen LogP contribution is 2.18. The molecule has 2 aromatic carbocycles. The Morgan fingerprint density at radius 2 is 1.75 bits per heavy atom. The Morgan fingerprint density at radius 3 is 2.55 bits per heavy atom. The summed E-state index contributed by atoms with van der Waals surface area (Å²) in [6, 6.07) is 17.1. The zero-order valence-electron chi connectivity index (χ0n) is 10.5. The molecule has 0 fully saturated rings. The summed E-state index contributed by atoms with van der Waals surface area (Å²) in [4.78, 5) is 23.1. The average molecular weight is 265 g/mol. The van der Waals surface area contributed by atoms with Crippen molar-refractivity contribution in [2.45, 2.75) is 0 Å². The quantitative estimate of drug-likeness (QED) is 0.724. The van der Waals surface area contributed by atoms with Crippen molar-refractivity contribution in [2.24, 2.45) is 0 Å². The van der Waals surface area contributed by atoms with Gasteiger partial charge in [0.1, 0.15) is 5.58 Å².